The zero-order valence-corrected chi connectivity index (χ0v) is 19.0. The lowest BCUT2D eigenvalue weighted by molar-refractivity contribution is 0.276. The topological polar surface area (TPSA) is 79.2 Å². The molecule has 0 saturated carbocycles. The SMILES string of the molecule is C=C(C)CN1CCN(c2nc3c(c(=O)[nH]c(=O)n3C)n2Cc2ccc(Cl)c(Cl)c2)CC1. The van der Waals surface area contributed by atoms with Crippen LogP contribution in [0.1, 0.15) is 12.5 Å². The zero-order chi connectivity index (χ0) is 22.3. The number of imidazole rings is 1. The number of fused-ring (bicyclic) bond motifs is 1. The first-order chi connectivity index (χ1) is 14.7. The van der Waals surface area contributed by atoms with Gasteiger partial charge in [0.1, 0.15) is 0 Å². The van der Waals surface area contributed by atoms with Gasteiger partial charge in [-0.1, -0.05) is 41.4 Å². The van der Waals surface area contributed by atoms with Gasteiger partial charge in [0.2, 0.25) is 5.95 Å². The van der Waals surface area contributed by atoms with Gasteiger partial charge < -0.3 is 4.90 Å². The van der Waals surface area contributed by atoms with Crippen molar-refractivity contribution in [2.45, 2.75) is 13.5 Å². The standard InChI is InChI=1S/C21H24Cl2N6O2/c1-13(2)11-27-6-8-28(9-7-27)20-24-18-17(19(30)25-21(31)26(18)3)29(20)12-14-4-5-15(22)16(23)10-14/h4-5,10H,1,6-9,11-12H2,2-3H3,(H,25,30,31). The Morgan fingerprint density at radius 2 is 1.87 bits per heavy atom. The number of aromatic amines is 1. The van der Waals surface area contributed by atoms with Crippen LogP contribution in [0.3, 0.4) is 0 Å². The molecule has 3 heterocycles. The Balaban J connectivity index is 1.78. The Bertz CT molecular complexity index is 1270. The van der Waals surface area contributed by atoms with Crippen LogP contribution in [0, 0.1) is 0 Å². The van der Waals surface area contributed by atoms with Crippen molar-refractivity contribution in [3.8, 4) is 0 Å². The molecule has 0 unspecified atom stereocenters. The third-order valence-corrected chi connectivity index (χ3v) is 6.20. The van der Waals surface area contributed by atoms with Crippen LogP contribution in [0.5, 0.6) is 0 Å². The fourth-order valence-electron chi connectivity index (χ4n) is 3.92. The minimum atomic E-state index is -0.491. The number of hydrogen-bond acceptors (Lipinski definition) is 5. The second-order valence-electron chi connectivity index (χ2n) is 7.96. The molecule has 1 aliphatic rings. The summed E-state index contributed by atoms with van der Waals surface area (Å²) in [6, 6.07) is 5.37. The molecule has 4 rings (SSSR count). The highest BCUT2D eigenvalue weighted by Crippen LogP contribution is 2.26. The average molecular weight is 463 g/mol. The maximum absolute atomic E-state index is 12.7. The lowest BCUT2D eigenvalue weighted by Gasteiger charge is -2.35. The Kier molecular flexibility index (Phi) is 5.96. The van der Waals surface area contributed by atoms with Crippen LogP contribution < -0.4 is 16.1 Å². The van der Waals surface area contributed by atoms with E-state index in [0.29, 0.717) is 33.7 Å². The maximum atomic E-state index is 12.7. The van der Waals surface area contributed by atoms with Gasteiger partial charge in [-0.3, -0.25) is 23.8 Å². The molecule has 8 nitrogen and oxygen atoms in total. The van der Waals surface area contributed by atoms with Crippen molar-refractivity contribution in [3.63, 3.8) is 0 Å². The van der Waals surface area contributed by atoms with Gasteiger partial charge in [-0.15, -0.1) is 0 Å². The Morgan fingerprint density at radius 3 is 2.52 bits per heavy atom. The molecule has 31 heavy (non-hydrogen) atoms. The van der Waals surface area contributed by atoms with Gasteiger partial charge in [-0.2, -0.15) is 4.98 Å². The predicted octanol–water partition coefficient (Wildman–Crippen LogP) is 2.48. The number of aromatic nitrogens is 4. The molecule has 10 heteroatoms. The average Bonchev–Trinajstić information content (AvgIpc) is 3.09. The van der Waals surface area contributed by atoms with Crippen molar-refractivity contribution in [1.82, 2.24) is 24.0 Å². The Morgan fingerprint density at radius 1 is 1.16 bits per heavy atom. The first-order valence-corrected chi connectivity index (χ1v) is 10.8. The molecule has 0 bridgehead atoms. The Labute approximate surface area is 189 Å². The third-order valence-electron chi connectivity index (χ3n) is 5.46. The summed E-state index contributed by atoms with van der Waals surface area (Å²) in [5, 5.41) is 0.912. The van der Waals surface area contributed by atoms with E-state index in [2.05, 4.69) is 21.4 Å². The molecule has 1 aromatic carbocycles. The molecule has 164 valence electrons. The van der Waals surface area contributed by atoms with Crippen LogP contribution in [0.15, 0.2) is 39.9 Å². The largest absolute Gasteiger partial charge is 0.340 e. The van der Waals surface area contributed by atoms with Crippen molar-refractivity contribution < 1.29 is 0 Å². The van der Waals surface area contributed by atoms with E-state index in [1.807, 2.05) is 17.6 Å². The molecular formula is C21H24Cl2N6O2. The molecule has 0 radical (unpaired) electrons. The first-order valence-electron chi connectivity index (χ1n) is 9.99. The van der Waals surface area contributed by atoms with E-state index in [0.717, 1.165) is 43.9 Å². The zero-order valence-electron chi connectivity index (χ0n) is 17.5. The number of nitrogens with zero attached hydrogens (tertiary/aromatic N) is 5. The van der Waals surface area contributed by atoms with E-state index in [1.54, 1.807) is 19.2 Å². The fraction of sp³-hybridized carbons (Fsp3) is 0.381. The van der Waals surface area contributed by atoms with E-state index < -0.39 is 11.2 Å². The van der Waals surface area contributed by atoms with Gasteiger partial charge in [0, 0.05) is 39.8 Å². The minimum Gasteiger partial charge on any atom is -0.340 e. The lowest BCUT2D eigenvalue weighted by Crippen LogP contribution is -2.47. The second kappa shape index (κ2) is 8.53. The number of piperazine rings is 1. The number of hydrogen-bond donors (Lipinski definition) is 1. The number of H-pyrrole nitrogens is 1. The highest BCUT2D eigenvalue weighted by atomic mass is 35.5. The molecule has 3 aromatic rings. The first kappa shape index (κ1) is 21.7. The van der Waals surface area contributed by atoms with Crippen LogP contribution in [-0.4, -0.2) is 56.7 Å². The van der Waals surface area contributed by atoms with E-state index in [4.69, 9.17) is 28.2 Å². The lowest BCUT2D eigenvalue weighted by atomic mass is 10.2. The molecule has 0 amide bonds. The molecule has 0 spiro atoms. The van der Waals surface area contributed by atoms with E-state index in [-0.39, 0.29) is 0 Å². The van der Waals surface area contributed by atoms with E-state index in [1.165, 1.54) is 4.57 Å². The molecule has 0 atom stereocenters. The molecule has 1 saturated heterocycles. The Hall–Kier alpha value is -2.55. The number of aryl methyl sites for hydroxylation is 1. The van der Waals surface area contributed by atoms with Crippen molar-refractivity contribution >= 4 is 40.3 Å². The third kappa shape index (κ3) is 4.28. The number of halogens is 2. The van der Waals surface area contributed by atoms with Crippen LogP contribution >= 0.6 is 23.2 Å². The highest BCUT2D eigenvalue weighted by molar-refractivity contribution is 6.42. The van der Waals surface area contributed by atoms with Crippen LogP contribution in [0.2, 0.25) is 10.0 Å². The highest BCUT2D eigenvalue weighted by Gasteiger charge is 2.25. The van der Waals surface area contributed by atoms with Gasteiger partial charge in [-0.05, 0) is 24.6 Å². The summed E-state index contributed by atoms with van der Waals surface area (Å²) in [5.41, 5.74) is 1.76. The maximum Gasteiger partial charge on any atom is 0.329 e. The van der Waals surface area contributed by atoms with Crippen molar-refractivity contribution in [1.29, 1.82) is 0 Å². The van der Waals surface area contributed by atoms with Crippen molar-refractivity contribution in [2.75, 3.05) is 37.6 Å². The summed E-state index contributed by atoms with van der Waals surface area (Å²) < 4.78 is 3.21. The van der Waals surface area contributed by atoms with Crippen LogP contribution in [0.25, 0.3) is 11.2 Å². The number of benzene rings is 1. The van der Waals surface area contributed by atoms with Gasteiger partial charge in [-0.25, -0.2) is 4.79 Å². The van der Waals surface area contributed by atoms with E-state index >= 15 is 0 Å². The number of rotatable bonds is 5. The second-order valence-corrected chi connectivity index (χ2v) is 8.77. The molecule has 1 fully saturated rings. The fourth-order valence-corrected chi connectivity index (χ4v) is 4.24. The predicted molar refractivity (Wildman–Crippen MR) is 125 cm³/mol. The summed E-state index contributed by atoms with van der Waals surface area (Å²) in [5.74, 6) is 0.655. The van der Waals surface area contributed by atoms with Crippen molar-refractivity contribution in [2.24, 2.45) is 7.05 Å². The monoisotopic (exact) mass is 462 g/mol. The van der Waals surface area contributed by atoms with Gasteiger partial charge in [0.25, 0.3) is 5.56 Å². The van der Waals surface area contributed by atoms with Crippen LogP contribution in [-0.2, 0) is 13.6 Å². The van der Waals surface area contributed by atoms with E-state index in [9.17, 15) is 9.59 Å². The molecular weight excluding hydrogens is 439 g/mol. The van der Waals surface area contributed by atoms with Gasteiger partial charge in [0.15, 0.2) is 11.2 Å². The molecule has 2 aromatic heterocycles. The number of anilines is 1. The van der Waals surface area contributed by atoms with Crippen molar-refractivity contribution in [3.05, 3.63) is 66.8 Å². The summed E-state index contributed by atoms with van der Waals surface area (Å²) >= 11 is 12.3. The summed E-state index contributed by atoms with van der Waals surface area (Å²) in [7, 11) is 1.60. The smallest absolute Gasteiger partial charge is 0.329 e. The quantitative estimate of drug-likeness (QED) is 0.589. The summed E-state index contributed by atoms with van der Waals surface area (Å²) in [6.45, 7) is 10.5. The van der Waals surface area contributed by atoms with Crippen LogP contribution in [0.4, 0.5) is 5.95 Å². The van der Waals surface area contributed by atoms with Gasteiger partial charge in [0.05, 0.1) is 16.6 Å². The minimum absolute atomic E-state index is 0.354. The molecule has 0 aliphatic carbocycles. The molecule has 1 aliphatic heterocycles. The molecule has 1 N–H and O–H groups in total. The normalized spacial score (nSPS) is 15.0. The number of nitrogens with one attached hydrogen (secondary N) is 1. The summed E-state index contributed by atoms with van der Waals surface area (Å²) in [4.78, 5) is 36.5. The van der Waals surface area contributed by atoms with Gasteiger partial charge >= 0.3 is 5.69 Å². The summed E-state index contributed by atoms with van der Waals surface area (Å²) in [6.07, 6.45) is 0.